The van der Waals surface area contributed by atoms with E-state index in [0.717, 1.165) is 49.7 Å². The molecule has 2 heteroatoms. The summed E-state index contributed by atoms with van der Waals surface area (Å²) < 4.78 is 12.6. The number of rotatable bonds is 6. The molecule has 4 saturated carbocycles. The molecule has 0 bridgehead atoms. The molecule has 4 aliphatic carbocycles. The maximum atomic E-state index is 6.37. The van der Waals surface area contributed by atoms with Gasteiger partial charge in [0, 0.05) is 13.2 Å². The summed E-state index contributed by atoms with van der Waals surface area (Å²) in [7, 11) is 0. The second-order valence-electron chi connectivity index (χ2n) is 10.9. The van der Waals surface area contributed by atoms with Crippen molar-refractivity contribution in [2.24, 2.45) is 34.5 Å². The molecule has 0 heterocycles. The summed E-state index contributed by atoms with van der Waals surface area (Å²) in [6, 6.07) is 0. The minimum atomic E-state index is 0.459. The highest BCUT2D eigenvalue weighted by molar-refractivity contribution is 5.09. The number of fused-ring (bicyclic) bond motifs is 5. The van der Waals surface area contributed by atoms with Crippen LogP contribution in [-0.2, 0) is 9.47 Å². The van der Waals surface area contributed by atoms with Crippen molar-refractivity contribution in [3.8, 4) is 0 Å². The van der Waals surface area contributed by atoms with Crippen LogP contribution in [0.25, 0.3) is 0 Å². The molecular weight excluding hydrogens is 332 g/mol. The van der Waals surface area contributed by atoms with Gasteiger partial charge in [-0.15, -0.1) is 0 Å². The van der Waals surface area contributed by atoms with Gasteiger partial charge in [0.2, 0.25) is 0 Å². The second kappa shape index (κ2) is 7.98. The first-order chi connectivity index (χ1) is 13.0. The van der Waals surface area contributed by atoms with Gasteiger partial charge in [0.05, 0.1) is 12.2 Å². The lowest BCUT2D eigenvalue weighted by molar-refractivity contribution is -0.146. The van der Waals surface area contributed by atoms with Crippen LogP contribution in [0.1, 0.15) is 98.3 Å². The minimum Gasteiger partial charge on any atom is -0.378 e. The lowest BCUT2D eigenvalue weighted by Crippen LogP contribution is -2.54. The zero-order valence-electron chi connectivity index (χ0n) is 18.5. The van der Waals surface area contributed by atoms with Crippen LogP contribution in [0, 0.1) is 34.5 Å². The maximum absolute atomic E-state index is 6.37. The fourth-order valence-electron chi connectivity index (χ4n) is 8.14. The van der Waals surface area contributed by atoms with Gasteiger partial charge in [-0.3, -0.25) is 0 Å². The monoisotopic (exact) mass is 376 g/mol. The minimum absolute atomic E-state index is 0.459. The predicted octanol–water partition coefficient (Wildman–Crippen LogP) is 6.62. The molecule has 0 aromatic heterocycles. The van der Waals surface area contributed by atoms with Crippen molar-refractivity contribution >= 4 is 0 Å². The van der Waals surface area contributed by atoms with Gasteiger partial charge in [0.1, 0.15) is 0 Å². The SMILES string of the molecule is CCCO[C@H]1CC[C@@]2(C)[C@@H](CC[C@@H]3[C@H]4CC[C@H](OCCC)[C@@]4(C)CC[C@@H]32)C1. The van der Waals surface area contributed by atoms with E-state index in [2.05, 4.69) is 27.7 Å². The fourth-order valence-corrected chi connectivity index (χ4v) is 8.14. The van der Waals surface area contributed by atoms with Crippen LogP contribution in [0.5, 0.6) is 0 Å². The molecule has 0 aromatic rings. The Balaban J connectivity index is 1.46. The van der Waals surface area contributed by atoms with Crippen molar-refractivity contribution in [2.45, 2.75) is 111 Å². The van der Waals surface area contributed by atoms with Gasteiger partial charge in [-0.2, -0.15) is 0 Å². The van der Waals surface area contributed by atoms with Crippen LogP contribution in [0.15, 0.2) is 0 Å². The summed E-state index contributed by atoms with van der Waals surface area (Å²) in [5.41, 5.74) is 1.04. The Kier molecular flexibility index (Phi) is 5.97. The molecule has 27 heavy (non-hydrogen) atoms. The number of ether oxygens (including phenoxy) is 2. The van der Waals surface area contributed by atoms with Crippen molar-refractivity contribution < 1.29 is 9.47 Å². The Labute approximate surface area is 168 Å². The molecule has 8 atom stereocenters. The summed E-state index contributed by atoms with van der Waals surface area (Å²) in [6.07, 6.45) is 16.0. The third kappa shape index (κ3) is 3.41. The third-order valence-electron chi connectivity index (χ3n) is 9.61. The summed E-state index contributed by atoms with van der Waals surface area (Å²) >= 11 is 0. The zero-order valence-corrected chi connectivity index (χ0v) is 18.5. The average molecular weight is 377 g/mol. The van der Waals surface area contributed by atoms with Crippen LogP contribution in [0.2, 0.25) is 0 Å². The van der Waals surface area contributed by atoms with Gasteiger partial charge in [0.25, 0.3) is 0 Å². The van der Waals surface area contributed by atoms with Crippen LogP contribution in [0.3, 0.4) is 0 Å². The van der Waals surface area contributed by atoms with Crippen LogP contribution < -0.4 is 0 Å². The van der Waals surface area contributed by atoms with E-state index in [0.29, 0.717) is 23.0 Å². The van der Waals surface area contributed by atoms with Gasteiger partial charge in [-0.05, 0) is 105 Å². The normalized spacial score (nSPS) is 49.3. The first-order valence-corrected chi connectivity index (χ1v) is 12.3. The second-order valence-corrected chi connectivity index (χ2v) is 10.9. The van der Waals surface area contributed by atoms with Gasteiger partial charge in [-0.25, -0.2) is 0 Å². The summed E-state index contributed by atoms with van der Waals surface area (Å²) in [5, 5.41) is 0. The highest BCUT2D eigenvalue weighted by Gasteiger charge is 2.60. The topological polar surface area (TPSA) is 18.5 Å². The predicted molar refractivity (Wildman–Crippen MR) is 112 cm³/mol. The first kappa shape index (κ1) is 20.2. The highest BCUT2D eigenvalue weighted by atomic mass is 16.5. The summed E-state index contributed by atoms with van der Waals surface area (Å²) in [6.45, 7) is 11.7. The Morgan fingerprint density at radius 1 is 0.741 bits per heavy atom. The molecule has 0 amide bonds. The maximum Gasteiger partial charge on any atom is 0.0631 e. The average Bonchev–Trinajstić information content (AvgIpc) is 3.01. The molecule has 4 fully saturated rings. The fraction of sp³-hybridized carbons (Fsp3) is 1.00. The van der Waals surface area contributed by atoms with E-state index >= 15 is 0 Å². The van der Waals surface area contributed by atoms with Crippen LogP contribution in [0.4, 0.5) is 0 Å². The summed E-state index contributed by atoms with van der Waals surface area (Å²) in [5.74, 6) is 3.76. The van der Waals surface area contributed by atoms with Gasteiger partial charge < -0.3 is 9.47 Å². The Bertz CT molecular complexity index is 505. The lowest BCUT2D eigenvalue weighted by Gasteiger charge is -2.61. The van der Waals surface area contributed by atoms with E-state index in [9.17, 15) is 0 Å². The van der Waals surface area contributed by atoms with Crippen molar-refractivity contribution in [1.29, 1.82) is 0 Å². The molecule has 0 saturated heterocycles. The first-order valence-electron chi connectivity index (χ1n) is 12.3. The highest BCUT2D eigenvalue weighted by Crippen LogP contribution is 2.66. The molecule has 0 unspecified atom stereocenters. The Morgan fingerprint density at radius 3 is 2.22 bits per heavy atom. The van der Waals surface area contributed by atoms with Crippen molar-refractivity contribution in [1.82, 2.24) is 0 Å². The molecule has 4 aliphatic rings. The van der Waals surface area contributed by atoms with Crippen LogP contribution in [-0.4, -0.2) is 25.4 Å². The van der Waals surface area contributed by atoms with E-state index in [4.69, 9.17) is 9.47 Å². The van der Waals surface area contributed by atoms with E-state index in [1.54, 1.807) is 0 Å². The van der Waals surface area contributed by atoms with Crippen molar-refractivity contribution in [2.75, 3.05) is 13.2 Å². The molecule has 0 radical (unpaired) electrons. The van der Waals surface area contributed by atoms with Crippen LogP contribution >= 0.6 is 0 Å². The van der Waals surface area contributed by atoms with Crippen molar-refractivity contribution in [3.05, 3.63) is 0 Å². The molecule has 4 rings (SSSR count). The Hall–Kier alpha value is -0.0800. The van der Waals surface area contributed by atoms with E-state index in [1.807, 2.05) is 0 Å². The number of hydrogen-bond donors (Lipinski definition) is 0. The van der Waals surface area contributed by atoms with E-state index in [-0.39, 0.29) is 0 Å². The lowest BCUT2D eigenvalue weighted by atomic mass is 9.45. The largest absolute Gasteiger partial charge is 0.378 e. The van der Waals surface area contributed by atoms with E-state index < -0.39 is 0 Å². The van der Waals surface area contributed by atoms with Gasteiger partial charge in [0.15, 0.2) is 0 Å². The molecule has 2 nitrogen and oxygen atoms in total. The Morgan fingerprint density at radius 2 is 1.44 bits per heavy atom. The van der Waals surface area contributed by atoms with Gasteiger partial charge in [-0.1, -0.05) is 27.7 Å². The zero-order chi connectivity index (χ0) is 19.1. The van der Waals surface area contributed by atoms with E-state index in [1.165, 1.54) is 57.8 Å². The molecule has 0 aliphatic heterocycles. The van der Waals surface area contributed by atoms with Crippen molar-refractivity contribution in [3.63, 3.8) is 0 Å². The molecule has 156 valence electrons. The quantitative estimate of drug-likeness (QED) is 0.518. The molecule has 0 spiro atoms. The number of hydrogen-bond acceptors (Lipinski definition) is 2. The standard InChI is InChI=1S/C25H44O2/c1-5-15-26-19-11-13-24(3)18(17-19)7-8-20-21-9-10-23(27-16-6-2)25(21,4)14-12-22(20)24/h18-23H,5-17H2,1-4H3/t18-,19-,20+,21+,22-,23-,24-,25-/m0/s1. The van der Waals surface area contributed by atoms with Gasteiger partial charge >= 0.3 is 0 Å². The summed E-state index contributed by atoms with van der Waals surface area (Å²) in [4.78, 5) is 0. The molecule has 0 N–H and O–H groups in total. The molecule has 0 aromatic carbocycles. The smallest absolute Gasteiger partial charge is 0.0631 e. The molecular formula is C25H44O2. The third-order valence-corrected chi connectivity index (χ3v) is 9.61.